The highest BCUT2D eigenvalue weighted by atomic mass is 35.5. The minimum absolute atomic E-state index is 0.0508. The minimum Gasteiger partial charge on any atom is -0.399 e. The van der Waals surface area contributed by atoms with Crippen LogP contribution in [-0.2, 0) is 0 Å². The lowest BCUT2D eigenvalue weighted by molar-refractivity contribution is 0.104. The summed E-state index contributed by atoms with van der Waals surface area (Å²) in [7, 11) is 0. The number of hydrogen-bond acceptors (Lipinski definition) is 2. The molecule has 20 heavy (non-hydrogen) atoms. The number of rotatable bonds is 2. The number of fused-ring (bicyclic) bond motifs is 1. The summed E-state index contributed by atoms with van der Waals surface area (Å²) in [4.78, 5) is 12.6. The van der Waals surface area contributed by atoms with Crippen molar-refractivity contribution in [3.8, 4) is 0 Å². The van der Waals surface area contributed by atoms with Gasteiger partial charge < -0.3 is 5.73 Å². The molecule has 0 amide bonds. The highest BCUT2D eigenvalue weighted by molar-refractivity contribution is 6.36. The first-order valence-electron chi connectivity index (χ1n) is 6.24. The summed E-state index contributed by atoms with van der Waals surface area (Å²) < 4.78 is 0. The molecule has 0 aliphatic carbocycles. The first kappa shape index (κ1) is 12.7. The smallest absolute Gasteiger partial charge is 0.193 e. The Morgan fingerprint density at radius 3 is 2.40 bits per heavy atom. The number of anilines is 1. The molecular weight excluding hydrogens is 270 g/mol. The first-order chi connectivity index (χ1) is 9.66. The molecule has 0 unspecified atom stereocenters. The van der Waals surface area contributed by atoms with Gasteiger partial charge in [-0.1, -0.05) is 48.0 Å². The van der Waals surface area contributed by atoms with Gasteiger partial charge in [0.2, 0.25) is 0 Å². The quantitative estimate of drug-likeness (QED) is 0.562. The van der Waals surface area contributed by atoms with Gasteiger partial charge in [0, 0.05) is 27.2 Å². The maximum absolute atomic E-state index is 12.6. The second kappa shape index (κ2) is 4.99. The Kier molecular flexibility index (Phi) is 3.17. The normalized spacial score (nSPS) is 10.7. The molecule has 0 atom stereocenters. The number of ketones is 1. The minimum atomic E-state index is -0.0508. The van der Waals surface area contributed by atoms with E-state index < -0.39 is 0 Å². The van der Waals surface area contributed by atoms with Crippen molar-refractivity contribution in [1.82, 2.24) is 0 Å². The molecule has 0 aliphatic heterocycles. The highest BCUT2D eigenvalue weighted by Crippen LogP contribution is 2.28. The molecular formula is C17H12ClNO. The zero-order chi connectivity index (χ0) is 14.1. The molecule has 98 valence electrons. The molecule has 0 fully saturated rings. The number of halogens is 1. The largest absolute Gasteiger partial charge is 0.399 e. The zero-order valence-corrected chi connectivity index (χ0v) is 11.4. The Balaban J connectivity index is 2.20. The fourth-order valence-corrected chi connectivity index (χ4v) is 2.52. The molecule has 0 bridgehead atoms. The number of nitrogen functional groups attached to an aromatic ring is 1. The third kappa shape index (κ3) is 2.15. The van der Waals surface area contributed by atoms with Gasteiger partial charge in [0.1, 0.15) is 0 Å². The van der Waals surface area contributed by atoms with E-state index in [1.165, 1.54) is 0 Å². The summed E-state index contributed by atoms with van der Waals surface area (Å²) >= 11 is 6.17. The lowest BCUT2D eigenvalue weighted by Gasteiger charge is -2.08. The summed E-state index contributed by atoms with van der Waals surface area (Å²) in [5, 5.41) is 2.38. The number of carbonyl (C=O) groups is 1. The monoisotopic (exact) mass is 281 g/mol. The van der Waals surface area contributed by atoms with Gasteiger partial charge >= 0.3 is 0 Å². The van der Waals surface area contributed by atoms with Gasteiger partial charge in [-0.25, -0.2) is 0 Å². The molecule has 3 heteroatoms. The average molecular weight is 282 g/mol. The molecule has 2 nitrogen and oxygen atoms in total. The van der Waals surface area contributed by atoms with Crippen LogP contribution >= 0.6 is 11.6 Å². The number of hydrogen-bond donors (Lipinski definition) is 1. The summed E-state index contributed by atoms with van der Waals surface area (Å²) in [6, 6.07) is 18.1. The molecule has 3 rings (SSSR count). The first-order valence-corrected chi connectivity index (χ1v) is 6.62. The van der Waals surface area contributed by atoms with Crippen LogP contribution in [0.3, 0.4) is 0 Å². The fraction of sp³-hybridized carbons (Fsp3) is 0. The van der Waals surface area contributed by atoms with Crippen LogP contribution in [0.2, 0.25) is 5.02 Å². The summed E-state index contributed by atoms with van der Waals surface area (Å²) in [5.74, 6) is -0.0508. The van der Waals surface area contributed by atoms with E-state index in [0.717, 1.165) is 10.8 Å². The summed E-state index contributed by atoms with van der Waals surface area (Å²) in [6.45, 7) is 0. The number of carbonyl (C=O) groups excluding carboxylic acids is 1. The Morgan fingerprint density at radius 1 is 0.900 bits per heavy atom. The van der Waals surface area contributed by atoms with E-state index in [2.05, 4.69) is 0 Å². The Hall–Kier alpha value is -2.32. The van der Waals surface area contributed by atoms with E-state index in [1.54, 1.807) is 36.4 Å². The lowest BCUT2D eigenvalue weighted by atomic mass is 9.97. The van der Waals surface area contributed by atoms with E-state index in [1.807, 2.05) is 24.3 Å². The van der Waals surface area contributed by atoms with Crippen molar-refractivity contribution in [1.29, 1.82) is 0 Å². The molecule has 0 radical (unpaired) electrons. The summed E-state index contributed by atoms with van der Waals surface area (Å²) in [5.41, 5.74) is 7.53. The van der Waals surface area contributed by atoms with Crippen molar-refractivity contribution in [3.63, 3.8) is 0 Å². The molecule has 3 aromatic rings. The predicted octanol–water partition coefficient (Wildman–Crippen LogP) is 4.31. The van der Waals surface area contributed by atoms with Gasteiger partial charge in [-0.15, -0.1) is 0 Å². The molecule has 0 spiro atoms. The topological polar surface area (TPSA) is 43.1 Å². The maximum Gasteiger partial charge on any atom is 0.193 e. The van der Waals surface area contributed by atoms with Crippen LogP contribution in [0, 0.1) is 0 Å². The van der Waals surface area contributed by atoms with Crippen LogP contribution in [0.1, 0.15) is 15.9 Å². The van der Waals surface area contributed by atoms with Gasteiger partial charge in [-0.05, 0) is 29.7 Å². The van der Waals surface area contributed by atoms with Crippen molar-refractivity contribution in [2.45, 2.75) is 0 Å². The number of nitrogens with two attached hydrogens (primary N) is 1. The zero-order valence-electron chi connectivity index (χ0n) is 10.6. The number of benzene rings is 3. The van der Waals surface area contributed by atoms with E-state index in [0.29, 0.717) is 21.8 Å². The van der Waals surface area contributed by atoms with Crippen molar-refractivity contribution >= 4 is 33.8 Å². The SMILES string of the molecule is Nc1cccc(C(=O)c2ccc(Cl)c3ccccc23)c1. The van der Waals surface area contributed by atoms with Gasteiger partial charge in [0.15, 0.2) is 5.78 Å². The molecule has 0 saturated carbocycles. The van der Waals surface area contributed by atoms with Gasteiger partial charge in [0.25, 0.3) is 0 Å². The maximum atomic E-state index is 12.6. The summed E-state index contributed by atoms with van der Waals surface area (Å²) in [6.07, 6.45) is 0. The van der Waals surface area contributed by atoms with Gasteiger partial charge in [-0.3, -0.25) is 4.79 Å². The molecule has 0 aliphatic rings. The Bertz CT molecular complexity index is 811. The van der Waals surface area contributed by atoms with Gasteiger partial charge in [-0.2, -0.15) is 0 Å². The van der Waals surface area contributed by atoms with Crippen molar-refractivity contribution in [3.05, 3.63) is 76.8 Å². The van der Waals surface area contributed by atoms with Gasteiger partial charge in [0.05, 0.1) is 0 Å². The highest BCUT2D eigenvalue weighted by Gasteiger charge is 2.13. The van der Waals surface area contributed by atoms with Crippen LogP contribution in [0.4, 0.5) is 5.69 Å². The van der Waals surface area contributed by atoms with Crippen LogP contribution in [0.5, 0.6) is 0 Å². The van der Waals surface area contributed by atoms with E-state index in [4.69, 9.17) is 17.3 Å². The van der Waals surface area contributed by atoms with Crippen LogP contribution in [-0.4, -0.2) is 5.78 Å². The molecule has 3 aromatic carbocycles. The molecule has 2 N–H and O–H groups in total. The third-order valence-corrected chi connectivity index (χ3v) is 3.59. The molecule has 0 aromatic heterocycles. The van der Waals surface area contributed by atoms with E-state index in [-0.39, 0.29) is 5.78 Å². The van der Waals surface area contributed by atoms with Crippen LogP contribution < -0.4 is 5.73 Å². The van der Waals surface area contributed by atoms with Crippen molar-refractivity contribution < 1.29 is 4.79 Å². The van der Waals surface area contributed by atoms with E-state index >= 15 is 0 Å². The second-order valence-electron chi connectivity index (χ2n) is 4.60. The molecule has 0 saturated heterocycles. The predicted molar refractivity (Wildman–Crippen MR) is 83.2 cm³/mol. The molecule has 0 heterocycles. The van der Waals surface area contributed by atoms with Crippen LogP contribution in [0.25, 0.3) is 10.8 Å². The van der Waals surface area contributed by atoms with Crippen LogP contribution in [0.15, 0.2) is 60.7 Å². The van der Waals surface area contributed by atoms with E-state index in [9.17, 15) is 4.79 Å². The lowest BCUT2D eigenvalue weighted by Crippen LogP contribution is -2.03. The average Bonchev–Trinajstić information content (AvgIpc) is 2.47. The second-order valence-corrected chi connectivity index (χ2v) is 5.00. The fourth-order valence-electron chi connectivity index (χ4n) is 2.30. The third-order valence-electron chi connectivity index (χ3n) is 3.26. The van der Waals surface area contributed by atoms with Crippen molar-refractivity contribution in [2.24, 2.45) is 0 Å². The Morgan fingerprint density at radius 2 is 1.65 bits per heavy atom. The van der Waals surface area contributed by atoms with Crippen molar-refractivity contribution in [2.75, 3.05) is 5.73 Å². The standard InChI is InChI=1S/C17H12ClNO/c18-16-9-8-15(13-6-1-2-7-14(13)16)17(20)11-4-3-5-12(19)10-11/h1-10H,19H2. The Labute approximate surface area is 121 Å².